The number of aryl methyl sites for hydroxylation is 1. The molecule has 1 unspecified atom stereocenters. The molecular formula is C21H19N5O4S. The lowest BCUT2D eigenvalue weighted by atomic mass is 9.94. The third kappa shape index (κ3) is 3.48. The van der Waals surface area contributed by atoms with Gasteiger partial charge < -0.3 is 9.47 Å². The van der Waals surface area contributed by atoms with E-state index in [2.05, 4.69) is 17.1 Å². The molecule has 2 aliphatic heterocycles. The number of anilines is 1. The first-order chi connectivity index (χ1) is 15.0. The van der Waals surface area contributed by atoms with Gasteiger partial charge in [-0.15, -0.1) is 10.2 Å². The maximum absolute atomic E-state index is 11.1. The number of hydrogen-bond acceptors (Lipinski definition) is 9. The standard InChI is InChI=1S/C21H19N5O4S/c1-3-19-22-23-21(31-19)25-12(2)8-14-9-17-18(30-11-29-17)10-16(14)20(24-25)13-4-6-15(7-5-13)26(27)28/h4-7,9-10,12H,3,8,11H2,1-2H3. The maximum Gasteiger partial charge on any atom is 0.269 e. The highest BCUT2D eigenvalue weighted by molar-refractivity contribution is 7.15. The Kier molecular flexibility index (Phi) is 4.78. The predicted octanol–water partition coefficient (Wildman–Crippen LogP) is 3.94. The summed E-state index contributed by atoms with van der Waals surface area (Å²) in [4.78, 5) is 10.7. The fourth-order valence-corrected chi connectivity index (χ4v) is 4.54. The molecule has 0 fully saturated rings. The summed E-state index contributed by atoms with van der Waals surface area (Å²) in [5.41, 5.74) is 3.47. The monoisotopic (exact) mass is 437 g/mol. The topological polar surface area (TPSA) is 103 Å². The van der Waals surface area contributed by atoms with Gasteiger partial charge in [0, 0.05) is 23.3 Å². The molecule has 1 aromatic heterocycles. The van der Waals surface area contributed by atoms with Crippen LogP contribution in [0.4, 0.5) is 10.8 Å². The minimum Gasteiger partial charge on any atom is -0.454 e. The van der Waals surface area contributed by atoms with E-state index in [-0.39, 0.29) is 18.5 Å². The summed E-state index contributed by atoms with van der Waals surface area (Å²) in [5, 5.41) is 28.2. The van der Waals surface area contributed by atoms with Crippen LogP contribution in [0.15, 0.2) is 41.5 Å². The van der Waals surface area contributed by atoms with Crippen molar-refractivity contribution in [1.29, 1.82) is 0 Å². The van der Waals surface area contributed by atoms with Crippen LogP contribution < -0.4 is 14.5 Å². The van der Waals surface area contributed by atoms with Gasteiger partial charge in [-0.3, -0.25) is 10.1 Å². The van der Waals surface area contributed by atoms with E-state index in [0.29, 0.717) is 23.6 Å². The Morgan fingerprint density at radius 2 is 1.94 bits per heavy atom. The molecule has 5 rings (SSSR count). The van der Waals surface area contributed by atoms with Gasteiger partial charge in [0.2, 0.25) is 11.9 Å². The zero-order chi connectivity index (χ0) is 21.5. The van der Waals surface area contributed by atoms with Crippen molar-refractivity contribution in [3.63, 3.8) is 0 Å². The van der Waals surface area contributed by atoms with Gasteiger partial charge in [0.1, 0.15) is 5.01 Å². The Morgan fingerprint density at radius 1 is 1.19 bits per heavy atom. The van der Waals surface area contributed by atoms with Crippen LogP contribution in [-0.2, 0) is 12.8 Å². The van der Waals surface area contributed by atoms with E-state index in [9.17, 15) is 10.1 Å². The van der Waals surface area contributed by atoms with Crippen molar-refractivity contribution in [2.24, 2.45) is 5.10 Å². The van der Waals surface area contributed by atoms with Gasteiger partial charge in [-0.25, -0.2) is 5.01 Å². The Bertz CT molecular complexity index is 1190. The number of non-ortho nitro benzene ring substituents is 1. The Labute approximate surface area is 182 Å². The largest absolute Gasteiger partial charge is 0.454 e. The van der Waals surface area contributed by atoms with Gasteiger partial charge in [-0.2, -0.15) is 5.10 Å². The van der Waals surface area contributed by atoms with Crippen LogP contribution in [0, 0.1) is 10.1 Å². The molecular weight excluding hydrogens is 418 g/mol. The smallest absolute Gasteiger partial charge is 0.269 e. The molecule has 0 spiro atoms. The summed E-state index contributed by atoms with van der Waals surface area (Å²) in [6.45, 7) is 4.32. The fraction of sp³-hybridized carbons (Fsp3) is 0.286. The lowest BCUT2D eigenvalue weighted by molar-refractivity contribution is -0.384. The molecule has 10 heteroatoms. The highest BCUT2D eigenvalue weighted by atomic mass is 32.1. The number of benzene rings is 2. The second-order valence-corrected chi connectivity index (χ2v) is 8.39. The summed E-state index contributed by atoms with van der Waals surface area (Å²) in [6, 6.07) is 10.4. The third-order valence-corrected chi connectivity index (χ3v) is 6.36. The molecule has 3 aromatic rings. The van der Waals surface area contributed by atoms with Crippen molar-refractivity contribution in [3.8, 4) is 11.5 Å². The lowest BCUT2D eigenvalue weighted by Crippen LogP contribution is -2.29. The molecule has 31 heavy (non-hydrogen) atoms. The quantitative estimate of drug-likeness (QED) is 0.450. The highest BCUT2D eigenvalue weighted by Gasteiger charge is 2.29. The molecule has 0 saturated heterocycles. The predicted molar refractivity (Wildman–Crippen MR) is 116 cm³/mol. The van der Waals surface area contributed by atoms with Crippen LogP contribution in [0.2, 0.25) is 0 Å². The molecule has 0 N–H and O–H groups in total. The fourth-order valence-electron chi connectivity index (χ4n) is 3.70. The van der Waals surface area contributed by atoms with Crippen LogP contribution in [0.1, 0.15) is 35.5 Å². The summed E-state index contributed by atoms with van der Waals surface area (Å²) in [7, 11) is 0. The number of nitro benzene ring substituents is 1. The number of fused-ring (bicyclic) bond motifs is 2. The minimum atomic E-state index is -0.410. The van der Waals surface area contributed by atoms with Gasteiger partial charge in [-0.05, 0) is 49.6 Å². The van der Waals surface area contributed by atoms with Gasteiger partial charge in [0.05, 0.1) is 16.7 Å². The van der Waals surface area contributed by atoms with Gasteiger partial charge in [0.15, 0.2) is 11.5 Å². The molecule has 2 aromatic carbocycles. The molecule has 0 bridgehead atoms. The van der Waals surface area contributed by atoms with Crippen molar-refractivity contribution in [1.82, 2.24) is 10.2 Å². The minimum absolute atomic E-state index is 0.0207. The highest BCUT2D eigenvalue weighted by Crippen LogP contribution is 2.38. The molecule has 0 aliphatic carbocycles. The maximum atomic E-state index is 11.1. The van der Waals surface area contributed by atoms with Crippen molar-refractivity contribution in [2.75, 3.05) is 11.8 Å². The van der Waals surface area contributed by atoms with Gasteiger partial charge in [-0.1, -0.05) is 18.3 Å². The number of rotatable bonds is 4. The number of hydrogen-bond donors (Lipinski definition) is 0. The van der Waals surface area contributed by atoms with E-state index in [1.54, 1.807) is 12.1 Å². The van der Waals surface area contributed by atoms with E-state index in [1.807, 2.05) is 24.1 Å². The average molecular weight is 437 g/mol. The van der Waals surface area contributed by atoms with Crippen LogP contribution in [-0.4, -0.2) is 33.7 Å². The van der Waals surface area contributed by atoms with Crippen LogP contribution in [0.3, 0.4) is 0 Å². The molecule has 158 valence electrons. The Morgan fingerprint density at radius 3 is 2.61 bits per heavy atom. The number of ether oxygens (including phenoxy) is 2. The molecule has 2 aliphatic rings. The molecule has 9 nitrogen and oxygen atoms in total. The normalized spacial score (nSPS) is 17.2. The van der Waals surface area contributed by atoms with Crippen LogP contribution >= 0.6 is 11.3 Å². The summed E-state index contributed by atoms with van der Waals surface area (Å²) < 4.78 is 11.2. The van der Waals surface area contributed by atoms with Crippen molar-refractivity contribution < 1.29 is 14.4 Å². The first-order valence-electron chi connectivity index (χ1n) is 9.91. The van der Waals surface area contributed by atoms with E-state index < -0.39 is 4.92 Å². The zero-order valence-electron chi connectivity index (χ0n) is 16.9. The molecule has 0 amide bonds. The average Bonchev–Trinajstić information content (AvgIpc) is 3.40. The van der Waals surface area contributed by atoms with E-state index in [1.165, 1.54) is 23.5 Å². The third-order valence-electron chi connectivity index (χ3n) is 5.30. The van der Waals surface area contributed by atoms with Gasteiger partial charge >= 0.3 is 0 Å². The van der Waals surface area contributed by atoms with Crippen molar-refractivity contribution in [3.05, 3.63) is 68.2 Å². The van der Waals surface area contributed by atoms with E-state index in [0.717, 1.165) is 33.3 Å². The number of nitro groups is 1. The zero-order valence-corrected chi connectivity index (χ0v) is 17.8. The number of nitrogens with zero attached hydrogens (tertiary/aromatic N) is 5. The molecule has 1 atom stereocenters. The summed E-state index contributed by atoms with van der Waals surface area (Å²) in [6.07, 6.45) is 1.52. The van der Waals surface area contributed by atoms with Crippen molar-refractivity contribution in [2.45, 2.75) is 32.7 Å². The first kappa shape index (κ1) is 19.4. The SMILES string of the molecule is CCc1nnc(N2N=C(c3ccc([N+](=O)[O-])cc3)c3cc4c(cc3CC2C)OCO4)s1. The van der Waals surface area contributed by atoms with Crippen LogP contribution in [0.25, 0.3) is 0 Å². The summed E-state index contributed by atoms with van der Waals surface area (Å²) >= 11 is 1.51. The first-order valence-corrected chi connectivity index (χ1v) is 10.7. The number of hydrazone groups is 1. The Hall–Kier alpha value is -3.53. The second-order valence-electron chi connectivity index (χ2n) is 7.34. The van der Waals surface area contributed by atoms with E-state index >= 15 is 0 Å². The van der Waals surface area contributed by atoms with E-state index in [4.69, 9.17) is 14.6 Å². The number of aromatic nitrogens is 2. The van der Waals surface area contributed by atoms with Gasteiger partial charge in [0.25, 0.3) is 5.69 Å². The van der Waals surface area contributed by atoms with Crippen molar-refractivity contribution >= 4 is 27.9 Å². The second kappa shape index (κ2) is 7.62. The summed E-state index contributed by atoms with van der Waals surface area (Å²) in [5.74, 6) is 1.38. The molecule has 0 saturated carbocycles. The molecule has 3 heterocycles. The van der Waals surface area contributed by atoms with Crippen LogP contribution in [0.5, 0.6) is 11.5 Å². The lowest BCUT2D eigenvalue weighted by Gasteiger charge is -2.21. The molecule has 0 radical (unpaired) electrons. The Balaban J connectivity index is 1.67.